The lowest BCUT2D eigenvalue weighted by Gasteiger charge is -2.35. The number of aliphatic carboxylic acids is 1. The minimum Gasteiger partial charge on any atom is -0.481 e. The van der Waals surface area contributed by atoms with Crippen molar-refractivity contribution in [3.8, 4) is 0 Å². The Hall–Kier alpha value is -2.44. The van der Waals surface area contributed by atoms with Gasteiger partial charge in [0.1, 0.15) is 0 Å². The van der Waals surface area contributed by atoms with Crippen LogP contribution in [0.1, 0.15) is 12.5 Å². The molecule has 1 unspecified atom stereocenters. The van der Waals surface area contributed by atoms with Crippen molar-refractivity contribution in [3.63, 3.8) is 0 Å². The van der Waals surface area contributed by atoms with Crippen molar-refractivity contribution in [2.24, 2.45) is 5.92 Å². The molecule has 6 heteroatoms. The van der Waals surface area contributed by atoms with Gasteiger partial charge in [0.2, 0.25) is 5.91 Å². The highest BCUT2D eigenvalue weighted by Gasteiger charge is 2.23. The summed E-state index contributed by atoms with van der Waals surface area (Å²) in [5, 5.41) is 11.5. The van der Waals surface area contributed by atoms with E-state index in [1.807, 2.05) is 4.90 Å². The number of carbonyl (C=O) groups excluding carboxylic acids is 1. The van der Waals surface area contributed by atoms with Crippen molar-refractivity contribution in [1.82, 2.24) is 14.7 Å². The number of fused-ring (bicyclic) bond motifs is 1. The van der Waals surface area contributed by atoms with E-state index >= 15 is 0 Å². The van der Waals surface area contributed by atoms with E-state index in [1.165, 1.54) is 16.3 Å². The third-order valence-electron chi connectivity index (χ3n) is 5.41. The van der Waals surface area contributed by atoms with Crippen molar-refractivity contribution in [1.29, 1.82) is 0 Å². The topological polar surface area (TPSA) is 64.1 Å². The van der Waals surface area contributed by atoms with Crippen molar-refractivity contribution in [3.05, 3.63) is 48.0 Å². The summed E-state index contributed by atoms with van der Waals surface area (Å²) in [6, 6.07) is 14.9. The van der Waals surface area contributed by atoms with Gasteiger partial charge < -0.3 is 10.0 Å². The fourth-order valence-corrected chi connectivity index (χ4v) is 3.77. The number of rotatable bonds is 7. The first kappa shape index (κ1) is 20.3. The van der Waals surface area contributed by atoms with Gasteiger partial charge in [-0.2, -0.15) is 0 Å². The molecule has 0 spiro atoms. The molecule has 1 aliphatic heterocycles. The van der Waals surface area contributed by atoms with Gasteiger partial charge in [-0.25, -0.2) is 0 Å². The maximum absolute atomic E-state index is 12.5. The van der Waals surface area contributed by atoms with E-state index in [0.717, 1.165) is 19.6 Å². The van der Waals surface area contributed by atoms with Crippen LogP contribution in [0, 0.1) is 5.92 Å². The van der Waals surface area contributed by atoms with E-state index in [9.17, 15) is 9.59 Å². The van der Waals surface area contributed by atoms with E-state index in [4.69, 9.17) is 5.11 Å². The molecule has 0 radical (unpaired) electrons. The maximum atomic E-state index is 12.5. The summed E-state index contributed by atoms with van der Waals surface area (Å²) in [4.78, 5) is 29.6. The molecule has 0 aromatic heterocycles. The normalized spacial score (nSPS) is 16.5. The Morgan fingerprint density at radius 1 is 1.07 bits per heavy atom. The minimum atomic E-state index is -0.832. The SMILES string of the molecule is CC(CN(C)CC(=O)N1CCN(Cc2cccc3ccccc23)CC1)C(=O)O. The molecule has 1 aliphatic rings. The van der Waals surface area contributed by atoms with Crippen molar-refractivity contribution in [2.45, 2.75) is 13.5 Å². The van der Waals surface area contributed by atoms with E-state index in [-0.39, 0.29) is 12.5 Å². The summed E-state index contributed by atoms with van der Waals surface area (Å²) in [6.07, 6.45) is 0. The van der Waals surface area contributed by atoms with Gasteiger partial charge in [-0.15, -0.1) is 0 Å². The zero-order valence-electron chi connectivity index (χ0n) is 16.7. The predicted molar refractivity (Wildman–Crippen MR) is 110 cm³/mol. The van der Waals surface area contributed by atoms with Crippen LogP contribution in [0.4, 0.5) is 0 Å². The van der Waals surface area contributed by atoms with Crippen LogP contribution in [0.5, 0.6) is 0 Å². The highest BCUT2D eigenvalue weighted by atomic mass is 16.4. The molecule has 1 amide bonds. The Balaban J connectivity index is 1.50. The first-order valence-corrected chi connectivity index (χ1v) is 9.82. The Bertz CT molecular complexity index is 825. The molecule has 28 heavy (non-hydrogen) atoms. The van der Waals surface area contributed by atoms with Gasteiger partial charge in [0.25, 0.3) is 0 Å². The highest BCUT2D eigenvalue weighted by molar-refractivity contribution is 5.85. The van der Waals surface area contributed by atoms with Crippen molar-refractivity contribution in [2.75, 3.05) is 46.3 Å². The molecule has 2 aromatic carbocycles. The van der Waals surface area contributed by atoms with Gasteiger partial charge in [0.05, 0.1) is 12.5 Å². The molecule has 1 heterocycles. The monoisotopic (exact) mass is 383 g/mol. The minimum absolute atomic E-state index is 0.0740. The molecule has 2 aromatic rings. The number of likely N-dealkylation sites (N-methyl/N-ethyl adjacent to an activating group) is 1. The molecule has 1 N–H and O–H groups in total. The van der Waals surface area contributed by atoms with E-state index < -0.39 is 11.9 Å². The quantitative estimate of drug-likeness (QED) is 0.794. The van der Waals surface area contributed by atoms with Crippen LogP contribution < -0.4 is 0 Å². The molecule has 1 atom stereocenters. The fourth-order valence-electron chi connectivity index (χ4n) is 3.77. The average molecular weight is 383 g/mol. The first-order valence-electron chi connectivity index (χ1n) is 9.82. The number of carbonyl (C=O) groups is 2. The zero-order chi connectivity index (χ0) is 20.1. The molecule has 1 fully saturated rings. The molecule has 0 bridgehead atoms. The second-order valence-electron chi connectivity index (χ2n) is 7.73. The molecule has 6 nitrogen and oxygen atoms in total. The lowest BCUT2D eigenvalue weighted by molar-refractivity contribution is -0.142. The number of hydrogen-bond donors (Lipinski definition) is 1. The summed E-state index contributed by atoms with van der Waals surface area (Å²) in [5.41, 5.74) is 1.32. The number of amides is 1. The van der Waals surface area contributed by atoms with Gasteiger partial charge in [-0.3, -0.25) is 19.4 Å². The van der Waals surface area contributed by atoms with Gasteiger partial charge in [-0.05, 0) is 23.4 Å². The molecular formula is C22H29N3O3. The van der Waals surface area contributed by atoms with Crippen LogP contribution in [-0.4, -0.2) is 78.0 Å². The zero-order valence-corrected chi connectivity index (χ0v) is 16.7. The predicted octanol–water partition coefficient (Wildman–Crippen LogP) is 2.14. The van der Waals surface area contributed by atoms with E-state index in [0.29, 0.717) is 19.6 Å². The summed E-state index contributed by atoms with van der Waals surface area (Å²) in [5.74, 6) is -1.23. The van der Waals surface area contributed by atoms with Crippen molar-refractivity contribution < 1.29 is 14.7 Å². The van der Waals surface area contributed by atoms with Gasteiger partial charge >= 0.3 is 5.97 Å². The van der Waals surface area contributed by atoms with Gasteiger partial charge in [-0.1, -0.05) is 49.4 Å². The Kier molecular flexibility index (Phi) is 6.65. The van der Waals surface area contributed by atoms with Crippen molar-refractivity contribution >= 4 is 22.6 Å². The standard InChI is InChI=1S/C22H29N3O3/c1-17(22(27)28)14-23(2)16-21(26)25-12-10-24(11-13-25)15-19-8-5-7-18-6-3-4-9-20(18)19/h3-9,17H,10-16H2,1-2H3,(H,27,28). The third-order valence-corrected chi connectivity index (χ3v) is 5.41. The number of benzene rings is 2. The number of carboxylic acid groups (broad SMARTS) is 1. The smallest absolute Gasteiger partial charge is 0.307 e. The number of hydrogen-bond acceptors (Lipinski definition) is 4. The fraction of sp³-hybridized carbons (Fsp3) is 0.455. The summed E-state index contributed by atoms with van der Waals surface area (Å²) in [6.45, 7) is 6.32. The third kappa shape index (κ3) is 5.09. The molecule has 150 valence electrons. The molecular weight excluding hydrogens is 354 g/mol. The lowest BCUT2D eigenvalue weighted by atomic mass is 10.0. The first-order chi connectivity index (χ1) is 13.4. The second-order valence-corrected chi connectivity index (χ2v) is 7.73. The number of nitrogens with zero attached hydrogens (tertiary/aromatic N) is 3. The highest BCUT2D eigenvalue weighted by Crippen LogP contribution is 2.20. The molecule has 1 saturated heterocycles. The van der Waals surface area contributed by atoms with E-state index in [2.05, 4.69) is 47.4 Å². The summed E-state index contributed by atoms with van der Waals surface area (Å²) >= 11 is 0. The van der Waals surface area contributed by atoms with Crippen LogP contribution >= 0.6 is 0 Å². The van der Waals surface area contributed by atoms with Gasteiger partial charge in [0, 0.05) is 39.3 Å². The van der Waals surface area contributed by atoms with Crippen LogP contribution in [0.25, 0.3) is 10.8 Å². The summed E-state index contributed by atoms with van der Waals surface area (Å²) < 4.78 is 0. The largest absolute Gasteiger partial charge is 0.481 e. The Morgan fingerprint density at radius 3 is 2.46 bits per heavy atom. The average Bonchev–Trinajstić information content (AvgIpc) is 2.68. The second kappa shape index (κ2) is 9.17. The number of carboxylic acids is 1. The maximum Gasteiger partial charge on any atom is 0.307 e. The van der Waals surface area contributed by atoms with Gasteiger partial charge in [0.15, 0.2) is 0 Å². The number of piperazine rings is 1. The Labute approximate surface area is 166 Å². The van der Waals surface area contributed by atoms with E-state index in [1.54, 1.807) is 18.9 Å². The van der Waals surface area contributed by atoms with Crippen LogP contribution in [-0.2, 0) is 16.1 Å². The summed E-state index contributed by atoms with van der Waals surface area (Å²) in [7, 11) is 1.80. The Morgan fingerprint density at radius 2 is 1.75 bits per heavy atom. The molecule has 0 saturated carbocycles. The lowest BCUT2D eigenvalue weighted by Crippen LogP contribution is -2.50. The van der Waals surface area contributed by atoms with Crippen LogP contribution in [0.15, 0.2) is 42.5 Å². The van der Waals surface area contributed by atoms with Crippen LogP contribution in [0.3, 0.4) is 0 Å². The van der Waals surface area contributed by atoms with Crippen LogP contribution in [0.2, 0.25) is 0 Å². The molecule has 3 rings (SSSR count). The molecule has 0 aliphatic carbocycles.